The maximum Gasteiger partial charge on any atom is 0.154 e. The highest BCUT2D eigenvalue weighted by atomic mass is 15.3. The maximum absolute atomic E-state index is 5.88. The van der Waals surface area contributed by atoms with E-state index in [-0.39, 0.29) is 5.41 Å². The molecule has 110 valence electrons. The van der Waals surface area contributed by atoms with Gasteiger partial charge in [0.15, 0.2) is 5.82 Å². The Hall–Kier alpha value is -1.62. The lowest BCUT2D eigenvalue weighted by atomic mass is 9.93. The van der Waals surface area contributed by atoms with Crippen molar-refractivity contribution in [3.63, 3.8) is 0 Å². The molecule has 0 spiro atoms. The van der Waals surface area contributed by atoms with Crippen molar-refractivity contribution in [1.82, 2.24) is 14.6 Å². The van der Waals surface area contributed by atoms with Crippen molar-refractivity contribution >= 4 is 11.3 Å². The number of anilines is 1. The molecule has 0 fully saturated rings. The molecule has 0 saturated heterocycles. The lowest BCUT2D eigenvalue weighted by molar-refractivity contribution is 0.376. The summed E-state index contributed by atoms with van der Waals surface area (Å²) in [6.45, 7) is 11.1. The zero-order chi connectivity index (χ0) is 14.8. The number of hydrogen-bond donors (Lipinski definition) is 1. The highest BCUT2D eigenvalue weighted by molar-refractivity contribution is 5.69. The van der Waals surface area contributed by atoms with Crippen molar-refractivity contribution in [3.05, 3.63) is 24.2 Å². The molecule has 0 aromatic carbocycles. The van der Waals surface area contributed by atoms with E-state index in [0.717, 1.165) is 36.5 Å². The zero-order valence-corrected chi connectivity index (χ0v) is 12.9. The fraction of sp³-hybridized carbons (Fsp3) is 0.600. The first-order valence-corrected chi connectivity index (χ1v) is 7.23. The van der Waals surface area contributed by atoms with Crippen molar-refractivity contribution in [2.24, 2.45) is 11.1 Å². The first-order chi connectivity index (χ1) is 9.46. The molecular formula is C15H25N5. The number of rotatable bonds is 6. The van der Waals surface area contributed by atoms with Gasteiger partial charge in [0.05, 0.1) is 5.69 Å². The lowest BCUT2D eigenvalue weighted by Crippen LogP contribution is -2.39. The second kappa shape index (κ2) is 5.79. The average molecular weight is 275 g/mol. The molecule has 0 bridgehead atoms. The van der Waals surface area contributed by atoms with E-state index in [2.05, 4.69) is 41.8 Å². The molecule has 0 unspecified atom stereocenters. The lowest BCUT2D eigenvalue weighted by Gasteiger charge is -2.32. The van der Waals surface area contributed by atoms with Crippen LogP contribution in [0.1, 0.15) is 32.9 Å². The Morgan fingerprint density at radius 2 is 2.15 bits per heavy atom. The molecule has 0 saturated carbocycles. The fourth-order valence-electron chi connectivity index (χ4n) is 2.39. The van der Waals surface area contributed by atoms with E-state index in [9.17, 15) is 0 Å². The number of aromatic nitrogens is 3. The normalized spacial score (nSPS) is 12.1. The molecule has 0 aliphatic carbocycles. The summed E-state index contributed by atoms with van der Waals surface area (Å²) in [5.74, 6) is 0.997. The molecule has 5 heteroatoms. The Morgan fingerprint density at radius 3 is 2.80 bits per heavy atom. The average Bonchev–Trinajstić information content (AvgIpc) is 2.78. The predicted molar refractivity (Wildman–Crippen MR) is 83.1 cm³/mol. The van der Waals surface area contributed by atoms with Crippen LogP contribution in [0.4, 0.5) is 5.82 Å². The molecule has 2 aromatic heterocycles. The van der Waals surface area contributed by atoms with Crippen molar-refractivity contribution < 1.29 is 0 Å². The van der Waals surface area contributed by atoms with Crippen LogP contribution in [0.5, 0.6) is 0 Å². The van der Waals surface area contributed by atoms with Gasteiger partial charge in [-0.15, -0.1) is 0 Å². The summed E-state index contributed by atoms with van der Waals surface area (Å²) in [6.07, 6.45) is 4.79. The summed E-state index contributed by atoms with van der Waals surface area (Å²) in [5.41, 5.74) is 8.02. The van der Waals surface area contributed by atoms with Gasteiger partial charge in [-0.05, 0) is 31.4 Å². The Bertz CT molecular complexity index is 573. The van der Waals surface area contributed by atoms with E-state index in [1.54, 1.807) is 0 Å². The van der Waals surface area contributed by atoms with Crippen molar-refractivity contribution in [3.8, 4) is 0 Å². The van der Waals surface area contributed by atoms with Crippen molar-refractivity contribution in [1.29, 1.82) is 0 Å². The first-order valence-electron chi connectivity index (χ1n) is 7.23. The summed E-state index contributed by atoms with van der Waals surface area (Å²) in [6, 6.07) is 2.08. The highest BCUT2D eigenvalue weighted by Gasteiger charge is 2.22. The Morgan fingerprint density at radius 1 is 1.40 bits per heavy atom. The topological polar surface area (TPSA) is 59.5 Å². The largest absolute Gasteiger partial charge is 0.354 e. The molecule has 5 nitrogen and oxygen atoms in total. The first kappa shape index (κ1) is 14.8. The van der Waals surface area contributed by atoms with Crippen LogP contribution in [-0.4, -0.2) is 34.2 Å². The maximum atomic E-state index is 5.88. The minimum Gasteiger partial charge on any atom is -0.354 e. The second-order valence-corrected chi connectivity index (χ2v) is 6.16. The van der Waals surface area contributed by atoms with E-state index in [0.29, 0.717) is 6.54 Å². The van der Waals surface area contributed by atoms with Crippen molar-refractivity contribution in [2.45, 2.75) is 34.1 Å². The van der Waals surface area contributed by atoms with E-state index < -0.39 is 0 Å². The van der Waals surface area contributed by atoms with Crippen LogP contribution in [0, 0.1) is 12.3 Å². The van der Waals surface area contributed by atoms with Crippen LogP contribution in [0.15, 0.2) is 18.5 Å². The van der Waals surface area contributed by atoms with Crippen LogP contribution >= 0.6 is 0 Å². The molecule has 0 atom stereocenters. The van der Waals surface area contributed by atoms with Gasteiger partial charge in [-0.25, -0.2) is 9.50 Å². The molecule has 2 heterocycles. The summed E-state index contributed by atoms with van der Waals surface area (Å²) >= 11 is 0. The molecule has 2 rings (SSSR count). The molecule has 0 aliphatic rings. The SMILES string of the molecule is CCCN(CC(C)(C)CN)c1nccn2nc(C)cc12. The Kier molecular flexibility index (Phi) is 4.28. The number of nitrogens with zero attached hydrogens (tertiary/aromatic N) is 4. The summed E-state index contributed by atoms with van der Waals surface area (Å²) in [4.78, 5) is 6.90. The van der Waals surface area contributed by atoms with Gasteiger partial charge < -0.3 is 10.6 Å². The Labute approximate surface area is 120 Å². The van der Waals surface area contributed by atoms with E-state index in [1.807, 2.05) is 23.8 Å². The molecule has 20 heavy (non-hydrogen) atoms. The van der Waals surface area contributed by atoms with Gasteiger partial charge in [-0.3, -0.25) is 0 Å². The molecule has 0 aliphatic heterocycles. The summed E-state index contributed by atoms with van der Waals surface area (Å²) in [7, 11) is 0. The minimum absolute atomic E-state index is 0.0682. The van der Waals surface area contributed by atoms with Crippen LogP contribution in [0.3, 0.4) is 0 Å². The summed E-state index contributed by atoms with van der Waals surface area (Å²) in [5, 5.41) is 4.46. The van der Waals surface area contributed by atoms with Crippen LogP contribution in [0.2, 0.25) is 0 Å². The molecule has 0 amide bonds. The highest BCUT2D eigenvalue weighted by Crippen LogP contribution is 2.24. The smallest absolute Gasteiger partial charge is 0.154 e. The third kappa shape index (κ3) is 3.10. The molecular weight excluding hydrogens is 250 g/mol. The fourth-order valence-corrected chi connectivity index (χ4v) is 2.39. The predicted octanol–water partition coefficient (Wildman–Crippen LogP) is 2.24. The minimum atomic E-state index is 0.0682. The molecule has 2 N–H and O–H groups in total. The van der Waals surface area contributed by atoms with Crippen molar-refractivity contribution in [2.75, 3.05) is 24.5 Å². The van der Waals surface area contributed by atoms with Crippen LogP contribution in [-0.2, 0) is 0 Å². The van der Waals surface area contributed by atoms with E-state index >= 15 is 0 Å². The van der Waals surface area contributed by atoms with Gasteiger partial charge in [0.2, 0.25) is 0 Å². The Balaban J connectivity index is 2.40. The van der Waals surface area contributed by atoms with Gasteiger partial charge in [-0.2, -0.15) is 5.10 Å². The van der Waals surface area contributed by atoms with Gasteiger partial charge in [0, 0.05) is 25.5 Å². The number of nitrogens with two attached hydrogens (primary N) is 1. The van der Waals surface area contributed by atoms with Gasteiger partial charge in [0.25, 0.3) is 0 Å². The van der Waals surface area contributed by atoms with Gasteiger partial charge >= 0.3 is 0 Å². The zero-order valence-electron chi connectivity index (χ0n) is 12.9. The second-order valence-electron chi connectivity index (χ2n) is 6.16. The number of aryl methyl sites for hydroxylation is 1. The van der Waals surface area contributed by atoms with Crippen LogP contribution in [0.25, 0.3) is 5.52 Å². The quantitative estimate of drug-likeness (QED) is 0.878. The summed E-state index contributed by atoms with van der Waals surface area (Å²) < 4.78 is 1.90. The van der Waals surface area contributed by atoms with Gasteiger partial charge in [0.1, 0.15) is 5.52 Å². The monoisotopic (exact) mass is 275 g/mol. The van der Waals surface area contributed by atoms with Gasteiger partial charge in [-0.1, -0.05) is 20.8 Å². The van der Waals surface area contributed by atoms with Crippen LogP contribution < -0.4 is 10.6 Å². The molecule has 2 aromatic rings. The number of fused-ring (bicyclic) bond motifs is 1. The molecule has 0 radical (unpaired) electrons. The van der Waals surface area contributed by atoms with E-state index in [1.165, 1.54) is 0 Å². The third-order valence-electron chi connectivity index (χ3n) is 3.46. The number of hydrogen-bond acceptors (Lipinski definition) is 4. The third-order valence-corrected chi connectivity index (χ3v) is 3.46. The standard InChI is InChI=1S/C15H25N5/c1-5-7-19(11-15(3,4)10-16)14-13-9-12(2)18-20(13)8-6-17-14/h6,8-9H,5,7,10-11,16H2,1-4H3. The van der Waals surface area contributed by atoms with E-state index in [4.69, 9.17) is 5.73 Å².